The van der Waals surface area contributed by atoms with Gasteiger partial charge in [-0.05, 0) is 73.8 Å². The number of nitrogens with zero attached hydrogens (tertiary/aromatic N) is 1. The van der Waals surface area contributed by atoms with Crippen LogP contribution >= 0.6 is 11.3 Å². The zero-order chi connectivity index (χ0) is 21.3. The molecule has 0 spiro atoms. The fraction of sp³-hybridized carbons (Fsp3) is 0.130. The van der Waals surface area contributed by atoms with E-state index in [0.717, 1.165) is 4.90 Å². The summed E-state index contributed by atoms with van der Waals surface area (Å²) in [5.41, 5.74) is 1.42. The third kappa shape index (κ3) is 3.84. The Balaban J connectivity index is 1.70. The lowest BCUT2D eigenvalue weighted by Gasteiger charge is -2.16. The number of nitrogens with one attached hydrogen (secondary N) is 1. The van der Waals surface area contributed by atoms with Crippen molar-refractivity contribution in [3.8, 4) is 5.75 Å². The van der Waals surface area contributed by atoms with Crippen LogP contribution in [0.2, 0.25) is 0 Å². The minimum absolute atomic E-state index is 0.0181. The molecule has 0 saturated carbocycles. The number of benzene rings is 2. The number of imide groups is 1. The van der Waals surface area contributed by atoms with Gasteiger partial charge in [-0.3, -0.25) is 9.59 Å². The summed E-state index contributed by atoms with van der Waals surface area (Å²) in [6.45, 7) is 3.85. The molecule has 1 aromatic heterocycles. The zero-order valence-corrected chi connectivity index (χ0v) is 17.2. The molecule has 1 aliphatic rings. The molecular formula is C23H19FN2O3S. The highest BCUT2D eigenvalue weighted by Crippen LogP contribution is 2.36. The minimum Gasteiger partial charge on any atom is -0.491 e. The molecule has 5 nitrogen and oxygen atoms in total. The van der Waals surface area contributed by atoms with Crippen molar-refractivity contribution < 1.29 is 18.7 Å². The molecule has 1 N–H and O–H groups in total. The van der Waals surface area contributed by atoms with E-state index in [9.17, 15) is 14.0 Å². The highest BCUT2D eigenvalue weighted by atomic mass is 32.1. The Morgan fingerprint density at radius 2 is 1.67 bits per heavy atom. The molecule has 3 aromatic rings. The van der Waals surface area contributed by atoms with Crippen LogP contribution in [0.1, 0.15) is 18.7 Å². The Morgan fingerprint density at radius 1 is 0.967 bits per heavy atom. The fourth-order valence-electron chi connectivity index (χ4n) is 3.15. The highest BCUT2D eigenvalue weighted by Gasteiger charge is 2.40. The first-order valence-electron chi connectivity index (χ1n) is 9.40. The summed E-state index contributed by atoms with van der Waals surface area (Å²) < 4.78 is 18.9. The summed E-state index contributed by atoms with van der Waals surface area (Å²) in [4.78, 5) is 28.3. The van der Waals surface area contributed by atoms with Gasteiger partial charge in [-0.15, -0.1) is 11.3 Å². The van der Waals surface area contributed by atoms with Crippen molar-refractivity contribution in [1.29, 1.82) is 0 Å². The number of thiophene rings is 1. The van der Waals surface area contributed by atoms with E-state index in [1.807, 2.05) is 25.3 Å². The van der Waals surface area contributed by atoms with E-state index >= 15 is 0 Å². The topological polar surface area (TPSA) is 58.6 Å². The number of ether oxygens (including phenoxy) is 1. The molecule has 0 radical (unpaired) electrons. The molecule has 2 heterocycles. The summed E-state index contributed by atoms with van der Waals surface area (Å²) in [5.74, 6) is -0.606. The van der Waals surface area contributed by atoms with Gasteiger partial charge >= 0.3 is 0 Å². The second-order valence-corrected chi connectivity index (χ2v) is 7.91. The molecule has 7 heteroatoms. The third-order valence-corrected chi connectivity index (χ3v) is 5.32. The lowest BCUT2D eigenvalue weighted by molar-refractivity contribution is -0.120. The summed E-state index contributed by atoms with van der Waals surface area (Å²) >= 11 is 1.37. The SMILES string of the molecule is CC(C)Oc1ccc(N2C(=O)C(Nc3ccc(F)cc3)=C(c3cccs3)C2=O)cc1. The molecule has 0 fully saturated rings. The van der Waals surface area contributed by atoms with Crippen molar-refractivity contribution in [2.45, 2.75) is 20.0 Å². The van der Waals surface area contributed by atoms with Gasteiger partial charge in [0.05, 0.1) is 17.4 Å². The monoisotopic (exact) mass is 422 g/mol. The molecule has 0 aliphatic carbocycles. The van der Waals surface area contributed by atoms with Crippen LogP contribution in [0, 0.1) is 5.82 Å². The van der Waals surface area contributed by atoms with Crippen LogP contribution in [-0.2, 0) is 9.59 Å². The average Bonchev–Trinajstić information content (AvgIpc) is 3.31. The highest BCUT2D eigenvalue weighted by molar-refractivity contribution is 7.11. The van der Waals surface area contributed by atoms with Gasteiger partial charge in [0.2, 0.25) is 0 Å². The predicted molar refractivity (Wildman–Crippen MR) is 116 cm³/mol. The number of carbonyl (C=O) groups excluding carboxylic acids is 2. The first-order valence-corrected chi connectivity index (χ1v) is 10.3. The first kappa shape index (κ1) is 19.8. The van der Waals surface area contributed by atoms with E-state index in [-0.39, 0.29) is 17.6 Å². The molecule has 0 unspecified atom stereocenters. The molecule has 152 valence electrons. The van der Waals surface area contributed by atoms with Crippen LogP contribution in [0.4, 0.5) is 15.8 Å². The largest absolute Gasteiger partial charge is 0.491 e. The van der Waals surface area contributed by atoms with Crippen molar-refractivity contribution in [3.05, 3.63) is 82.4 Å². The predicted octanol–water partition coefficient (Wildman–Crippen LogP) is 5.07. The third-order valence-electron chi connectivity index (χ3n) is 4.43. The summed E-state index contributed by atoms with van der Waals surface area (Å²) in [6, 6.07) is 16.1. The maximum absolute atomic E-state index is 13.3. The van der Waals surface area contributed by atoms with Crippen molar-refractivity contribution >= 4 is 40.1 Å². The second kappa shape index (κ2) is 8.12. The maximum atomic E-state index is 13.3. The van der Waals surface area contributed by atoms with Crippen LogP contribution in [0.5, 0.6) is 5.75 Å². The van der Waals surface area contributed by atoms with Crippen molar-refractivity contribution in [3.63, 3.8) is 0 Å². The van der Waals surface area contributed by atoms with E-state index in [0.29, 0.717) is 27.6 Å². The molecule has 1 aliphatic heterocycles. The van der Waals surface area contributed by atoms with Crippen LogP contribution in [0.15, 0.2) is 71.7 Å². The molecule has 0 saturated heterocycles. The molecule has 2 aromatic carbocycles. The van der Waals surface area contributed by atoms with Gasteiger partial charge in [0.15, 0.2) is 0 Å². The minimum atomic E-state index is -0.467. The molecule has 0 bridgehead atoms. The van der Waals surface area contributed by atoms with Gasteiger partial charge in [-0.25, -0.2) is 9.29 Å². The van der Waals surface area contributed by atoms with Gasteiger partial charge in [0.1, 0.15) is 17.3 Å². The lowest BCUT2D eigenvalue weighted by atomic mass is 10.2. The summed E-state index contributed by atoms with van der Waals surface area (Å²) in [5, 5.41) is 4.85. The van der Waals surface area contributed by atoms with E-state index in [1.165, 1.54) is 35.6 Å². The fourth-order valence-corrected chi connectivity index (χ4v) is 3.92. The summed E-state index contributed by atoms with van der Waals surface area (Å²) in [6.07, 6.45) is 0.0181. The Bertz CT molecular complexity index is 1100. The number of amides is 2. The Morgan fingerprint density at radius 3 is 2.27 bits per heavy atom. The number of halogens is 1. The number of rotatable bonds is 6. The van der Waals surface area contributed by atoms with E-state index in [1.54, 1.807) is 30.3 Å². The van der Waals surface area contributed by atoms with Gasteiger partial charge in [0, 0.05) is 10.6 Å². The number of hydrogen-bond acceptors (Lipinski definition) is 5. The van der Waals surface area contributed by atoms with Crippen molar-refractivity contribution in [2.75, 3.05) is 10.2 Å². The van der Waals surface area contributed by atoms with Crippen LogP contribution in [0.3, 0.4) is 0 Å². The first-order chi connectivity index (χ1) is 14.4. The van der Waals surface area contributed by atoms with Gasteiger partial charge in [-0.2, -0.15) is 0 Å². The zero-order valence-electron chi connectivity index (χ0n) is 16.4. The van der Waals surface area contributed by atoms with Crippen molar-refractivity contribution in [2.24, 2.45) is 0 Å². The smallest absolute Gasteiger partial charge is 0.282 e. The number of hydrogen-bond donors (Lipinski definition) is 1. The number of carbonyl (C=O) groups is 2. The Labute approximate surface area is 177 Å². The normalized spacial score (nSPS) is 14.1. The van der Waals surface area contributed by atoms with Gasteiger partial charge < -0.3 is 10.1 Å². The van der Waals surface area contributed by atoms with Gasteiger partial charge in [0.25, 0.3) is 11.8 Å². The maximum Gasteiger partial charge on any atom is 0.282 e. The molecule has 0 atom stereocenters. The van der Waals surface area contributed by atoms with E-state index in [4.69, 9.17) is 4.74 Å². The van der Waals surface area contributed by atoms with Crippen molar-refractivity contribution in [1.82, 2.24) is 0 Å². The van der Waals surface area contributed by atoms with E-state index in [2.05, 4.69) is 5.32 Å². The second-order valence-electron chi connectivity index (χ2n) is 6.97. The Hall–Kier alpha value is -3.45. The molecular weight excluding hydrogens is 403 g/mol. The Kier molecular flexibility index (Phi) is 5.37. The average molecular weight is 422 g/mol. The molecule has 2 amide bonds. The number of anilines is 2. The molecule has 30 heavy (non-hydrogen) atoms. The standard InChI is InChI=1S/C23H19FN2O3S/c1-14(2)29-18-11-9-17(10-12-18)26-22(27)20(19-4-3-13-30-19)21(23(26)28)25-16-7-5-15(24)6-8-16/h3-14,25H,1-2H3. The quantitative estimate of drug-likeness (QED) is 0.564. The van der Waals surface area contributed by atoms with Crippen LogP contribution in [-0.4, -0.2) is 17.9 Å². The van der Waals surface area contributed by atoms with Crippen LogP contribution < -0.4 is 15.0 Å². The van der Waals surface area contributed by atoms with Crippen LogP contribution in [0.25, 0.3) is 5.57 Å². The van der Waals surface area contributed by atoms with Gasteiger partial charge in [-0.1, -0.05) is 6.07 Å². The van der Waals surface area contributed by atoms with E-state index < -0.39 is 11.8 Å². The summed E-state index contributed by atoms with van der Waals surface area (Å²) in [7, 11) is 0. The molecule has 4 rings (SSSR count). The lowest BCUT2D eigenvalue weighted by Crippen LogP contribution is -2.32.